The molecule has 8 nitrogen and oxygen atoms in total. The topological polar surface area (TPSA) is 99.5 Å². The van der Waals surface area contributed by atoms with Gasteiger partial charge in [-0.2, -0.15) is 17.5 Å². The molecular formula is C29H28F3N5O3S. The van der Waals surface area contributed by atoms with Crippen LogP contribution in [0.4, 0.5) is 19.0 Å². The minimum Gasteiger partial charge on any atom is -0.380 e. The average molecular weight is 584 g/mol. The van der Waals surface area contributed by atoms with E-state index in [2.05, 4.69) is 25.9 Å². The number of aromatic nitrogens is 3. The number of benzene rings is 2. The van der Waals surface area contributed by atoms with Gasteiger partial charge in [0.1, 0.15) is 12.1 Å². The Morgan fingerprint density at radius 2 is 1.76 bits per heavy atom. The number of alkyl halides is 3. The van der Waals surface area contributed by atoms with Gasteiger partial charge in [-0.05, 0) is 78.8 Å². The van der Waals surface area contributed by atoms with Crippen molar-refractivity contribution in [2.45, 2.75) is 49.4 Å². The van der Waals surface area contributed by atoms with Crippen molar-refractivity contribution in [3.8, 4) is 11.1 Å². The zero-order valence-electron chi connectivity index (χ0n) is 22.3. The van der Waals surface area contributed by atoms with Gasteiger partial charge in [-0.1, -0.05) is 12.1 Å². The number of aryl methyl sites for hydroxylation is 1. The number of rotatable bonds is 4. The lowest BCUT2D eigenvalue weighted by Gasteiger charge is -2.38. The molecule has 0 amide bonds. The average Bonchev–Trinajstić information content (AvgIpc) is 2.96. The van der Waals surface area contributed by atoms with Crippen molar-refractivity contribution >= 4 is 26.7 Å². The molecule has 0 spiro atoms. The van der Waals surface area contributed by atoms with Gasteiger partial charge in [0.05, 0.1) is 10.4 Å². The van der Waals surface area contributed by atoms with Gasteiger partial charge in [-0.3, -0.25) is 4.98 Å². The molecule has 214 valence electrons. The zero-order valence-corrected chi connectivity index (χ0v) is 23.1. The zero-order chi connectivity index (χ0) is 29.0. The monoisotopic (exact) mass is 583 g/mol. The molecule has 2 aliphatic heterocycles. The molecule has 0 unspecified atom stereocenters. The van der Waals surface area contributed by atoms with E-state index in [-0.39, 0.29) is 4.90 Å². The molecule has 4 heterocycles. The lowest BCUT2D eigenvalue weighted by Crippen LogP contribution is -2.54. The molecule has 0 bridgehead atoms. The third kappa shape index (κ3) is 4.93. The molecular weight excluding hydrogens is 555 g/mol. The highest BCUT2D eigenvalue weighted by Gasteiger charge is 2.55. The predicted molar refractivity (Wildman–Crippen MR) is 148 cm³/mol. The number of fused-ring (bicyclic) bond motifs is 2. The van der Waals surface area contributed by atoms with Gasteiger partial charge in [-0.15, -0.1) is 0 Å². The number of piperidine rings is 1. The van der Waals surface area contributed by atoms with Gasteiger partial charge < -0.3 is 10.0 Å². The Morgan fingerprint density at radius 1 is 0.976 bits per heavy atom. The summed E-state index contributed by atoms with van der Waals surface area (Å²) in [7, 11) is -4.05. The van der Waals surface area contributed by atoms with E-state index in [1.807, 2.05) is 25.1 Å². The van der Waals surface area contributed by atoms with Crippen molar-refractivity contribution in [3.05, 3.63) is 77.9 Å². The van der Waals surface area contributed by atoms with Crippen LogP contribution < -0.4 is 4.90 Å². The van der Waals surface area contributed by atoms with Gasteiger partial charge in [0.25, 0.3) is 0 Å². The van der Waals surface area contributed by atoms with Gasteiger partial charge in [0.2, 0.25) is 10.0 Å². The van der Waals surface area contributed by atoms with Crippen molar-refractivity contribution in [1.82, 2.24) is 19.3 Å². The summed E-state index contributed by atoms with van der Waals surface area (Å²) in [6.07, 6.45) is -0.478. The van der Waals surface area contributed by atoms with E-state index < -0.39 is 47.7 Å². The minimum atomic E-state index is -4.80. The Labute approximate surface area is 235 Å². The number of sulfonamides is 1. The molecule has 12 heteroatoms. The fourth-order valence-electron chi connectivity index (χ4n) is 5.69. The van der Waals surface area contributed by atoms with Crippen LogP contribution in [0.3, 0.4) is 0 Å². The van der Waals surface area contributed by atoms with E-state index in [0.29, 0.717) is 19.5 Å². The largest absolute Gasteiger partial charge is 0.417 e. The summed E-state index contributed by atoms with van der Waals surface area (Å²) in [5.74, 6) is 0.741. The molecule has 4 aromatic rings. The molecule has 1 N–H and O–H groups in total. The molecule has 2 aliphatic rings. The Kier molecular flexibility index (Phi) is 6.74. The first kappa shape index (κ1) is 27.6. The number of nitrogens with zero attached hydrogens (tertiary/aromatic N) is 5. The van der Waals surface area contributed by atoms with Crippen molar-refractivity contribution in [3.63, 3.8) is 0 Å². The van der Waals surface area contributed by atoms with Crippen molar-refractivity contribution in [2.24, 2.45) is 0 Å². The quantitative estimate of drug-likeness (QED) is 0.374. The summed E-state index contributed by atoms with van der Waals surface area (Å²) in [5, 5.41) is 10.8. The Morgan fingerprint density at radius 3 is 2.46 bits per heavy atom. The van der Waals surface area contributed by atoms with Crippen molar-refractivity contribution in [2.75, 3.05) is 24.5 Å². The van der Waals surface area contributed by atoms with E-state index in [0.717, 1.165) is 48.8 Å². The molecule has 1 fully saturated rings. The summed E-state index contributed by atoms with van der Waals surface area (Å²) in [6.45, 7) is 2.26. The first-order chi connectivity index (χ1) is 19.5. The number of hydrogen-bond donors (Lipinski definition) is 1. The second kappa shape index (κ2) is 10.0. The van der Waals surface area contributed by atoms with E-state index in [1.54, 1.807) is 24.5 Å². The van der Waals surface area contributed by atoms with Gasteiger partial charge >= 0.3 is 6.18 Å². The maximum Gasteiger partial charge on any atom is 0.417 e. The van der Waals surface area contributed by atoms with Gasteiger partial charge in [0, 0.05) is 49.5 Å². The minimum absolute atomic E-state index is 0.0257. The number of halogens is 3. The van der Waals surface area contributed by atoms with Crippen LogP contribution in [0.25, 0.3) is 22.0 Å². The van der Waals surface area contributed by atoms with E-state index in [1.165, 1.54) is 12.4 Å². The highest BCUT2D eigenvalue weighted by Crippen LogP contribution is 2.40. The van der Waals surface area contributed by atoms with Gasteiger partial charge in [-0.25, -0.2) is 18.4 Å². The van der Waals surface area contributed by atoms with Crippen LogP contribution >= 0.6 is 0 Å². The molecule has 1 saturated heterocycles. The Hall–Kier alpha value is -3.61. The molecule has 2 aromatic carbocycles. The third-order valence-electron chi connectivity index (χ3n) is 8.11. The van der Waals surface area contributed by atoms with Crippen LogP contribution in [0.15, 0.2) is 66.1 Å². The maximum atomic E-state index is 13.4. The van der Waals surface area contributed by atoms with Gasteiger partial charge in [0.15, 0.2) is 5.60 Å². The first-order valence-electron chi connectivity index (χ1n) is 13.3. The fourth-order valence-corrected chi connectivity index (χ4v) is 7.18. The SMILES string of the molecule is Cc1cc(-c2cccnc2)cc2c(N3CCc4ccc(S(=O)(=O)N5CCC(O)(C(F)(F)F)CC5)cc4C3)ncnc12. The number of aliphatic hydroxyl groups is 1. The standard InChI is InChI=1S/C29H28F3N5O3S/c1-19-13-22(21-3-2-9-33-16-21)15-25-26(19)34-18-35-27(25)36-10-6-20-4-5-24(14-23(20)17-36)41(39,40)37-11-7-28(38,8-12-37)29(30,31)32/h2-5,9,13-16,18,38H,6-8,10-12,17H2,1H3. The smallest absolute Gasteiger partial charge is 0.380 e. The molecule has 6 rings (SSSR count). The van der Waals surface area contributed by atoms with E-state index in [9.17, 15) is 26.7 Å². The lowest BCUT2D eigenvalue weighted by molar-refractivity contribution is -0.270. The van der Waals surface area contributed by atoms with Crippen LogP contribution in [-0.2, 0) is 23.0 Å². The van der Waals surface area contributed by atoms with Crippen molar-refractivity contribution < 1.29 is 26.7 Å². The highest BCUT2D eigenvalue weighted by molar-refractivity contribution is 7.89. The van der Waals surface area contributed by atoms with Crippen LogP contribution in [0.2, 0.25) is 0 Å². The molecule has 0 radical (unpaired) electrons. The number of anilines is 1. The van der Waals surface area contributed by atoms with Crippen LogP contribution in [0.5, 0.6) is 0 Å². The molecule has 0 aliphatic carbocycles. The Bertz CT molecular complexity index is 1720. The summed E-state index contributed by atoms with van der Waals surface area (Å²) < 4.78 is 67.5. The fraction of sp³-hybridized carbons (Fsp3) is 0.345. The predicted octanol–water partition coefficient (Wildman–Crippen LogP) is 4.64. The summed E-state index contributed by atoms with van der Waals surface area (Å²) in [5.41, 5.74) is 2.74. The highest BCUT2D eigenvalue weighted by atomic mass is 32.2. The molecule has 41 heavy (non-hydrogen) atoms. The second-order valence-corrected chi connectivity index (χ2v) is 12.6. The second-order valence-electron chi connectivity index (χ2n) is 10.7. The van der Waals surface area contributed by atoms with Crippen LogP contribution in [0, 0.1) is 6.92 Å². The van der Waals surface area contributed by atoms with Crippen molar-refractivity contribution in [1.29, 1.82) is 0 Å². The molecule has 0 atom stereocenters. The number of hydrogen-bond acceptors (Lipinski definition) is 7. The molecule has 2 aromatic heterocycles. The van der Waals surface area contributed by atoms with E-state index in [4.69, 9.17) is 0 Å². The number of pyridine rings is 1. The maximum absolute atomic E-state index is 13.4. The third-order valence-corrected chi connectivity index (χ3v) is 10.0. The summed E-state index contributed by atoms with van der Waals surface area (Å²) >= 11 is 0. The van der Waals surface area contributed by atoms with Crippen LogP contribution in [0.1, 0.15) is 29.5 Å². The first-order valence-corrected chi connectivity index (χ1v) is 14.7. The summed E-state index contributed by atoms with van der Waals surface area (Å²) in [4.78, 5) is 15.5. The lowest BCUT2D eigenvalue weighted by atomic mass is 9.92. The van der Waals surface area contributed by atoms with E-state index >= 15 is 0 Å². The normalized spacial score (nSPS) is 17.9. The van der Waals surface area contributed by atoms with Crippen LogP contribution in [-0.4, -0.2) is 64.2 Å². The molecule has 0 saturated carbocycles. The Balaban J connectivity index is 1.29. The summed E-state index contributed by atoms with van der Waals surface area (Å²) in [6, 6.07) is 12.9.